The van der Waals surface area contributed by atoms with Crippen molar-refractivity contribution in [2.45, 2.75) is 38.1 Å². The normalized spacial score (nSPS) is 29.8. The van der Waals surface area contributed by atoms with Gasteiger partial charge in [0.05, 0.1) is 24.5 Å². The smallest absolute Gasteiger partial charge is 0.253 e. The molecule has 6 rings (SSSR count). The zero-order valence-corrected chi connectivity index (χ0v) is 22.2. The Hall–Kier alpha value is -3.75. The second kappa shape index (κ2) is 9.77. The van der Waals surface area contributed by atoms with Gasteiger partial charge >= 0.3 is 0 Å². The summed E-state index contributed by atoms with van der Waals surface area (Å²) in [6.45, 7) is 4.76. The van der Waals surface area contributed by atoms with Crippen LogP contribution in [0.5, 0.6) is 0 Å². The first-order chi connectivity index (χ1) is 18.9. The standard InChI is InChI=1S/C31H33N3O5/c1-20-11-12-21(2)23(18-20)33-15-7-13-31-26(29(37)34(16-17-35)27(31)30(33)38)25-24(39-31)10-6-14-32(28(25)36)19-22-8-4-3-5-9-22/h3-13,18,24-27,35H,14-17,19H2,1-2H3/t24-,25+,26-,27?,31-/m0/s1. The molecule has 2 saturated heterocycles. The van der Waals surface area contributed by atoms with Crippen LogP contribution in [-0.4, -0.2) is 76.6 Å². The Morgan fingerprint density at radius 3 is 2.54 bits per heavy atom. The molecule has 3 amide bonds. The molecule has 0 aromatic heterocycles. The molecule has 2 aromatic rings. The number of anilines is 1. The molecule has 8 heteroatoms. The summed E-state index contributed by atoms with van der Waals surface area (Å²) in [7, 11) is 0. The van der Waals surface area contributed by atoms with Crippen LogP contribution in [-0.2, 0) is 25.7 Å². The summed E-state index contributed by atoms with van der Waals surface area (Å²) in [6.07, 6.45) is 6.86. The van der Waals surface area contributed by atoms with Crippen molar-refractivity contribution in [1.82, 2.24) is 9.80 Å². The van der Waals surface area contributed by atoms with Crippen molar-refractivity contribution in [3.05, 3.63) is 89.5 Å². The Labute approximate surface area is 228 Å². The number of benzene rings is 2. The molecule has 2 fully saturated rings. The van der Waals surface area contributed by atoms with E-state index in [4.69, 9.17) is 4.74 Å². The van der Waals surface area contributed by atoms with E-state index in [-0.39, 0.29) is 30.9 Å². The zero-order valence-electron chi connectivity index (χ0n) is 22.2. The lowest BCUT2D eigenvalue weighted by atomic mass is 9.77. The van der Waals surface area contributed by atoms with E-state index in [2.05, 4.69) is 0 Å². The van der Waals surface area contributed by atoms with E-state index in [9.17, 15) is 19.5 Å². The van der Waals surface area contributed by atoms with Gasteiger partial charge in [-0.3, -0.25) is 14.4 Å². The number of rotatable bonds is 5. The predicted octanol–water partition coefficient (Wildman–Crippen LogP) is 2.38. The molecule has 0 saturated carbocycles. The molecule has 0 radical (unpaired) electrons. The van der Waals surface area contributed by atoms with E-state index in [1.807, 2.05) is 86.7 Å². The van der Waals surface area contributed by atoms with E-state index in [1.165, 1.54) is 4.90 Å². The Morgan fingerprint density at radius 2 is 1.77 bits per heavy atom. The van der Waals surface area contributed by atoms with Crippen LogP contribution in [0, 0.1) is 25.7 Å². The first-order valence-electron chi connectivity index (χ1n) is 13.5. The SMILES string of the molecule is Cc1ccc(C)c(N2CC=C[C@]34O[C@H]5C=CCN(Cc6ccccc6)C(=O)[C@H]5[C@H]3C(=O)N(CCO)C4C2=O)c1. The number of aliphatic hydroxyl groups is 1. The van der Waals surface area contributed by atoms with Gasteiger partial charge in [0.1, 0.15) is 11.6 Å². The highest BCUT2D eigenvalue weighted by Gasteiger charge is 2.71. The summed E-state index contributed by atoms with van der Waals surface area (Å²) < 4.78 is 6.65. The second-order valence-electron chi connectivity index (χ2n) is 10.9. The number of carbonyl (C=O) groups excluding carboxylic acids is 3. The average molecular weight is 528 g/mol. The monoisotopic (exact) mass is 527 g/mol. The Morgan fingerprint density at radius 1 is 0.974 bits per heavy atom. The largest absolute Gasteiger partial charge is 0.395 e. The number of amides is 3. The summed E-state index contributed by atoms with van der Waals surface area (Å²) in [6, 6.07) is 14.7. The average Bonchev–Trinajstić information content (AvgIpc) is 3.24. The number of hydrogen-bond acceptors (Lipinski definition) is 5. The number of nitrogens with zero attached hydrogens (tertiary/aromatic N) is 3. The van der Waals surface area contributed by atoms with Gasteiger partial charge in [-0.05, 0) is 36.6 Å². The van der Waals surface area contributed by atoms with Crippen molar-refractivity contribution >= 4 is 23.4 Å². The third kappa shape index (κ3) is 4.01. The number of ether oxygens (including phenoxy) is 1. The number of aryl methyl sites for hydroxylation is 2. The van der Waals surface area contributed by atoms with Crippen LogP contribution < -0.4 is 4.90 Å². The number of β-amino-alcohol motifs (C(OH)–C–C–N with tert-alkyl or cyclic N) is 1. The minimum atomic E-state index is -1.30. The molecule has 202 valence electrons. The molecule has 8 nitrogen and oxygen atoms in total. The fourth-order valence-corrected chi connectivity index (χ4v) is 6.71. The summed E-state index contributed by atoms with van der Waals surface area (Å²) in [5.41, 5.74) is 2.44. The molecule has 1 N–H and O–H groups in total. The molecule has 1 spiro atoms. The number of aliphatic hydroxyl groups excluding tert-OH is 1. The van der Waals surface area contributed by atoms with Crippen molar-refractivity contribution in [3.8, 4) is 0 Å². The lowest BCUT2D eigenvalue weighted by Gasteiger charge is -2.35. The van der Waals surface area contributed by atoms with Crippen molar-refractivity contribution in [2.75, 3.05) is 31.1 Å². The van der Waals surface area contributed by atoms with Crippen molar-refractivity contribution in [3.63, 3.8) is 0 Å². The molecule has 0 bridgehead atoms. The molecule has 4 aliphatic heterocycles. The minimum Gasteiger partial charge on any atom is -0.395 e. The van der Waals surface area contributed by atoms with Crippen LogP contribution >= 0.6 is 0 Å². The Bertz CT molecular complexity index is 1370. The molecule has 5 atom stereocenters. The van der Waals surface area contributed by atoms with Gasteiger partial charge < -0.3 is 24.5 Å². The Balaban J connectivity index is 1.40. The topological polar surface area (TPSA) is 90.4 Å². The van der Waals surface area contributed by atoms with Gasteiger partial charge in [-0.1, -0.05) is 66.8 Å². The molecule has 39 heavy (non-hydrogen) atoms. The summed E-state index contributed by atoms with van der Waals surface area (Å²) >= 11 is 0. The maximum Gasteiger partial charge on any atom is 0.253 e. The fraction of sp³-hybridized carbons (Fsp3) is 0.387. The van der Waals surface area contributed by atoms with Crippen LogP contribution in [0.2, 0.25) is 0 Å². The molecule has 4 heterocycles. The lowest BCUT2D eigenvalue weighted by Crippen LogP contribution is -2.55. The molecular formula is C31H33N3O5. The fourth-order valence-electron chi connectivity index (χ4n) is 6.71. The third-order valence-corrected chi connectivity index (χ3v) is 8.45. The highest BCUT2D eigenvalue weighted by Crippen LogP contribution is 2.53. The van der Waals surface area contributed by atoms with Gasteiger partial charge in [0.25, 0.3) is 5.91 Å². The van der Waals surface area contributed by atoms with E-state index >= 15 is 0 Å². The number of hydrogen-bond donors (Lipinski definition) is 1. The van der Waals surface area contributed by atoms with Gasteiger partial charge in [-0.15, -0.1) is 0 Å². The van der Waals surface area contributed by atoms with Crippen LogP contribution in [0.15, 0.2) is 72.8 Å². The minimum absolute atomic E-state index is 0.0134. The number of carbonyl (C=O) groups is 3. The quantitative estimate of drug-likeness (QED) is 0.603. The maximum absolute atomic E-state index is 14.3. The summed E-state index contributed by atoms with van der Waals surface area (Å²) in [5, 5.41) is 9.89. The molecular weight excluding hydrogens is 494 g/mol. The summed E-state index contributed by atoms with van der Waals surface area (Å²) in [5.74, 6) is -2.40. The van der Waals surface area contributed by atoms with Gasteiger partial charge in [0, 0.05) is 31.9 Å². The first-order valence-corrected chi connectivity index (χ1v) is 13.5. The van der Waals surface area contributed by atoms with E-state index < -0.39 is 29.6 Å². The van der Waals surface area contributed by atoms with Gasteiger partial charge in [-0.25, -0.2) is 0 Å². The van der Waals surface area contributed by atoms with Crippen LogP contribution in [0.4, 0.5) is 5.69 Å². The highest BCUT2D eigenvalue weighted by molar-refractivity contribution is 6.06. The second-order valence-corrected chi connectivity index (χ2v) is 10.9. The van der Waals surface area contributed by atoms with Crippen molar-refractivity contribution in [1.29, 1.82) is 0 Å². The highest BCUT2D eigenvalue weighted by atomic mass is 16.5. The van der Waals surface area contributed by atoms with Gasteiger partial charge in [-0.2, -0.15) is 0 Å². The number of likely N-dealkylation sites (tertiary alicyclic amines) is 1. The van der Waals surface area contributed by atoms with Crippen LogP contribution in [0.1, 0.15) is 16.7 Å². The first kappa shape index (κ1) is 25.5. The van der Waals surface area contributed by atoms with Gasteiger partial charge in [0.15, 0.2) is 0 Å². The van der Waals surface area contributed by atoms with E-state index in [0.29, 0.717) is 19.6 Å². The summed E-state index contributed by atoms with van der Waals surface area (Å²) in [4.78, 5) is 47.3. The van der Waals surface area contributed by atoms with Gasteiger partial charge in [0.2, 0.25) is 11.8 Å². The maximum atomic E-state index is 14.3. The number of fused-ring (bicyclic) bond motifs is 2. The van der Waals surface area contributed by atoms with Crippen molar-refractivity contribution < 1.29 is 24.2 Å². The zero-order chi connectivity index (χ0) is 27.3. The lowest BCUT2D eigenvalue weighted by molar-refractivity contribution is -0.145. The van der Waals surface area contributed by atoms with E-state index in [0.717, 1.165) is 22.4 Å². The molecule has 2 aromatic carbocycles. The molecule has 0 aliphatic carbocycles. The molecule has 4 aliphatic rings. The Kier molecular flexibility index (Phi) is 6.40. The van der Waals surface area contributed by atoms with Crippen LogP contribution in [0.25, 0.3) is 0 Å². The third-order valence-electron chi connectivity index (χ3n) is 8.45. The molecule has 1 unspecified atom stereocenters. The predicted molar refractivity (Wildman–Crippen MR) is 146 cm³/mol. The van der Waals surface area contributed by atoms with Crippen molar-refractivity contribution in [2.24, 2.45) is 11.8 Å². The van der Waals surface area contributed by atoms with Crippen LogP contribution in [0.3, 0.4) is 0 Å². The van der Waals surface area contributed by atoms with E-state index in [1.54, 1.807) is 9.80 Å².